The first-order valence-corrected chi connectivity index (χ1v) is 10.0. The van der Waals surface area contributed by atoms with Crippen LogP contribution >= 0.6 is 0 Å². The Labute approximate surface area is 167 Å². The number of nitrogens with zero attached hydrogens (tertiary/aromatic N) is 1. The van der Waals surface area contributed by atoms with Crippen LogP contribution in [0.15, 0.2) is 36.4 Å². The number of hydrogen-bond acceptors (Lipinski definition) is 4. The minimum atomic E-state index is 0.628. The van der Waals surface area contributed by atoms with Gasteiger partial charge in [0.25, 0.3) is 0 Å². The Morgan fingerprint density at radius 2 is 1.64 bits per heavy atom. The summed E-state index contributed by atoms with van der Waals surface area (Å²) in [5.41, 5.74) is 1.35. The molecule has 4 rings (SSSR count). The molecule has 0 bridgehead atoms. The van der Waals surface area contributed by atoms with Gasteiger partial charge in [-0.1, -0.05) is 12.5 Å². The fourth-order valence-corrected chi connectivity index (χ4v) is 4.41. The monoisotopic (exact) mass is 379 g/mol. The van der Waals surface area contributed by atoms with Crippen LogP contribution in [0.25, 0.3) is 21.5 Å². The van der Waals surface area contributed by atoms with Crippen molar-refractivity contribution in [2.24, 2.45) is 0 Å². The summed E-state index contributed by atoms with van der Waals surface area (Å²) in [6.07, 6.45) is 3.91. The van der Waals surface area contributed by atoms with Crippen LogP contribution in [0.2, 0.25) is 0 Å². The van der Waals surface area contributed by atoms with Gasteiger partial charge in [-0.3, -0.25) is 4.90 Å². The summed E-state index contributed by atoms with van der Waals surface area (Å²) >= 11 is 0. The van der Waals surface area contributed by atoms with Crippen LogP contribution in [0, 0.1) is 0 Å². The molecule has 1 heterocycles. The summed E-state index contributed by atoms with van der Waals surface area (Å²) in [4.78, 5) is 2.61. The highest BCUT2D eigenvalue weighted by atomic mass is 16.5. The third-order valence-corrected chi connectivity index (χ3v) is 6.06. The second-order valence-corrected chi connectivity index (χ2v) is 7.69. The van der Waals surface area contributed by atoms with E-state index in [1.807, 2.05) is 0 Å². The average Bonchev–Trinajstić information content (AvgIpc) is 2.74. The maximum atomic E-state index is 5.55. The molecule has 28 heavy (non-hydrogen) atoms. The molecule has 0 N–H and O–H groups in total. The van der Waals surface area contributed by atoms with Gasteiger partial charge in [0.2, 0.25) is 0 Å². The van der Waals surface area contributed by atoms with E-state index in [1.54, 1.807) is 21.3 Å². The van der Waals surface area contributed by atoms with Crippen LogP contribution in [-0.4, -0.2) is 38.8 Å². The Hall–Kier alpha value is -2.46. The van der Waals surface area contributed by atoms with Crippen molar-refractivity contribution in [2.45, 2.75) is 38.8 Å². The van der Waals surface area contributed by atoms with Gasteiger partial charge in [-0.2, -0.15) is 0 Å². The van der Waals surface area contributed by atoms with Crippen LogP contribution in [0.3, 0.4) is 0 Å². The van der Waals surface area contributed by atoms with E-state index in [2.05, 4.69) is 48.2 Å². The van der Waals surface area contributed by atoms with Crippen molar-refractivity contribution >= 4 is 21.5 Å². The van der Waals surface area contributed by atoms with E-state index in [4.69, 9.17) is 14.2 Å². The van der Waals surface area contributed by atoms with E-state index >= 15 is 0 Å². The predicted octanol–water partition coefficient (Wildman–Crippen LogP) is 5.39. The summed E-state index contributed by atoms with van der Waals surface area (Å²) < 4.78 is 16.6. The lowest BCUT2D eigenvalue weighted by molar-refractivity contribution is 0.153. The van der Waals surface area contributed by atoms with E-state index < -0.39 is 0 Å². The zero-order valence-electron chi connectivity index (χ0n) is 17.2. The molecule has 148 valence electrons. The maximum Gasteiger partial charge on any atom is 0.161 e. The largest absolute Gasteiger partial charge is 0.497 e. The highest BCUT2D eigenvalue weighted by Crippen LogP contribution is 2.39. The zero-order chi connectivity index (χ0) is 19.7. The molecule has 1 aliphatic heterocycles. The normalized spacial score (nSPS) is 17.8. The molecule has 0 spiro atoms. The number of benzene rings is 3. The first kappa shape index (κ1) is 18.9. The third-order valence-electron chi connectivity index (χ3n) is 6.06. The Kier molecular flexibility index (Phi) is 5.31. The van der Waals surface area contributed by atoms with Crippen molar-refractivity contribution in [3.63, 3.8) is 0 Å². The number of hydrogen-bond donors (Lipinski definition) is 0. The molecule has 3 aromatic rings. The van der Waals surface area contributed by atoms with Gasteiger partial charge < -0.3 is 14.2 Å². The van der Waals surface area contributed by atoms with E-state index in [0.717, 1.165) is 34.6 Å². The topological polar surface area (TPSA) is 30.9 Å². The average molecular weight is 380 g/mol. The quantitative estimate of drug-likeness (QED) is 0.556. The first-order chi connectivity index (χ1) is 13.6. The van der Waals surface area contributed by atoms with Crippen molar-refractivity contribution in [1.29, 1.82) is 0 Å². The van der Waals surface area contributed by atoms with Gasteiger partial charge in [-0.05, 0) is 83.8 Å². The van der Waals surface area contributed by atoms with Gasteiger partial charge in [0.15, 0.2) is 11.5 Å². The number of methoxy groups -OCH3 is 3. The number of rotatable bonds is 5. The number of piperidine rings is 1. The summed E-state index contributed by atoms with van der Waals surface area (Å²) in [6, 6.07) is 13.5. The lowest BCUT2D eigenvalue weighted by atomic mass is 9.95. The Balaban J connectivity index is 1.92. The Morgan fingerprint density at radius 1 is 0.857 bits per heavy atom. The van der Waals surface area contributed by atoms with Crippen LogP contribution < -0.4 is 14.2 Å². The lowest BCUT2D eigenvalue weighted by Gasteiger charge is -2.33. The minimum absolute atomic E-state index is 0.628. The second-order valence-electron chi connectivity index (χ2n) is 7.69. The van der Waals surface area contributed by atoms with Gasteiger partial charge in [-0.15, -0.1) is 0 Å². The highest BCUT2D eigenvalue weighted by molar-refractivity contribution is 6.10. The summed E-state index contributed by atoms with van der Waals surface area (Å²) in [7, 11) is 5.08. The summed E-state index contributed by atoms with van der Waals surface area (Å²) in [5, 5.41) is 4.79. The molecule has 0 aliphatic carbocycles. The van der Waals surface area contributed by atoms with Crippen molar-refractivity contribution in [2.75, 3.05) is 27.9 Å². The first-order valence-electron chi connectivity index (χ1n) is 10.0. The van der Waals surface area contributed by atoms with Gasteiger partial charge in [0, 0.05) is 12.6 Å². The molecular formula is C24H29NO3. The Morgan fingerprint density at radius 3 is 2.36 bits per heavy atom. The molecule has 0 saturated carbocycles. The molecule has 4 nitrogen and oxygen atoms in total. The van der Waals surface area contributed by atoms with Crippen molar-refractivity contribution in [3.8, 4) is 17.2 Å². The smallest absolute Gasteiger partial charge is 0.161 e. The van der Waals surface area contributed by atoms with Crippen LogP contribution in [0.4, 0.5) is 0 Å². The standard InChI is InChI=1S/C24H29NO3/c1-16-7-5-6-10-25(16)15-18-11-17-12-23(27-3)24(28-4)14-21(17)22-13-19(26-2)8-9-20(18)22/h8-9,11-14,16H,5-7,10,15H2,1-4H3/t16-/m0/s1. The molecule has 1 saturated heterocycles. The minimum Gasteiger partial charge on any atom is -0.497 e. The number of ether oxygens (including phenoxy) is 3. The lowest BCUT2D eigenvalue weighted by Crippen LogP contribution is -2.36. The predicted molar refractivity (Wildman–Crippen MR) is 115 cm³/mol. The van der Waals surface area contributed by atoms with Crippen LogP contribution in [0.1, 0.15) is 31.7 Å². The van der Waals surface area contributed by atoms with E-state index in [-0.39, 0.29) is 0 Å². The molecule has 0 unspecified atom stereocenters. The fourth-order valence-electron chi connectivity index (χ4n) is 4.41. The molecule has 0 aromatic heterocycles. The van der Waals surface area contributed by atoms with E-state index in [1.165, 1.54) is 42.1 Å². The molecule has 3 aromatic carbocycles. The van der Waals surface area contributed by atoms with Crippen molar-refractivity contribution in [1.82, 2.24) is 4.90 Å². The SMILES string of the molecule is COc1ccc2c(CN3CCCC[C@@H]3C)cc3cc(OC)c(OC)cc3c2c1. The van der Waals surface area contributed by atoms with Crippen LogP contribution in [0.5, 0.6) is 17.2 Å². The van der Waals surface area contributed by atoms with Gasteiger partial charge in [-0.25, -0.2) is 0 Å². The molecule has 1 fully saturated rings. The second kappa shape index (κ2) is 7.88. The number of likely N-dealkylation sites (tertiary alicyclic amines) is 1. The molecule has 1 atom stereocenters. The van der Waals surface area contributed by atoms with Gasteiger partial charge >= 0.3 is 0 Å². The van der Waals surface area contributed by atoms with E-state index in [0.29, 0.717) is 6.04 Å². The summed E-state index contributed by atoms with van der Waals surface area (Å²) in [6.45, 7) is 4.48. The Bertz CT molecular complexity index is 998. The number of fused-ring (bicyclic) bond motifs is 3. The zero-order valence-corrected chi connectivity index (χ0v) is 17.2. The molecule has 4 heteroatoms. The molecule has 0 amide bonds. The van der Waals surface area contributed by atoms with Crippen molar-refractivity contribution in [3.05, 3.63) is 42.0 Å². The fraction of sp³-hybridized carbons (Fsp3) is 0.417. The molecule has 0 radical (unpaired) electrons. The molecule has 1 aliphatic rings. The van der Waals surface area contributed by atoms with Gasteiger partial charge in [0.1, 0.15) is 5.75 Å². The van der Waals surface area contributed by atoms with Crippen molar-refractivity contribution < 1.29 is 14.2 Å². The molecular weight excluding hydrogens is 350 g/mol. The van der Waals surface area contributed by atoms with Gasteiger partial charge in [0.05, 0.1) is 21.3 Å². The van der Waals surface area contributed by atoms with Crippen LogP contribution in [-0.2, 0) is 6.54 Å². The maximum absolute atomic E-state index is 5.55. The summed E-state index contributed by atoms with van der Waals surface area (Å²) in [5.74, 6) is 2.37. The highest BCUT2D eigenvalue weighted by Gasteiger charge is 2.20. The van der Waals surface area contributed by atoms with E-state index in [9.17, 15) is 0 Å². The third kappa shape index (κ3) is 3.37.